The Hall–Kier alpha value is -2.34. The van der Waals surface area contributed by atoms with Crippen molar-refractivity contribution < 1.29 is 14.7 Å². The second-order valence-electron chi connectivity index (χ2n) is 7.21. The third-order valence-corrected chi connectivity index (χ3v) is 5.32. The summed E-state index contributed by atoms with van der Waals surface area (Å²) in [4.78, 5) is 29.2. The average molecular weight is 433 g/mol. The molecule has 0 aromatic heterocycles. The third kappa shape index (κ3) is 4.64. The van der Waals surface area contributed by atoms with E-state index < -0.39 is 17.7 Å². The number of carbonyl (C=O) groups excluding carboxylic acids is 2. The number of halogens is 2. The number of amides is 1. The zero-order valence-electron chi connectivity index (χ0n) is 16.2. The van der Waals surface area contributed by atoms with Crippen LogP contribution in [0.5, 0.6) is 0 Å². The van der Waals surface area contributed by atoms with Crippen molar-refractivity contribution in [1.82, 2.24) is 9.80 Å². The topological polar surface area (TPSA) is 60.9 Å². The highest BCUT2D eigenvalue weighted by molar-refractivity contribution is 6.46. The molecule has 1 unspecified atom stereocenters. The van der Waals surface area contributed by atoms with E-state index in [1.54, 1.807) is 48.5 Å². The van der Waals surface area contributed by atoms with Crippen LogP contribution in [0, 0.1) is 0 Å². The molecule has 7 heteroatoms. The van der Waals surface area contributed by atoms with Crippen LogP contribution in [-0.2, 0) is 9.59 Å². The van der Waals surface area contributed by atoms with Crippen molar-refractivity contribution >= 4 is 40.7 Å². The molecular formula is C22H22Cl2N2O3. The summed E-state index contributed by atoms with van der Waals surface area (Å²) in [6, 6.07) is 12.8. The molecule has 5 nitrogen and oxygen atoms in total. The van der Waals surface area contributed by atoms with Crippen LogP contribution >= 0.6 is 23.2 Å². The maximum Gasteiger partial charge on any atom is 0.295 e. The van der Waals surface area contributed by atoms with E-state index in [9.17, 15) is 14.7 Å². The number of likely N-dealkylation sites (tertiary alicyclic amines) is 1. The first-order valence-electron chi connectivity index (χ1n) is 9.24. The Morgan fingerprint density at radius 1 is 1.07 bits per heavy atom. The Balaban J connectivity index is 2.09. The van der Waals surface area contributed by atoms with Crippen LogP contribution in [0.2, 0.25) is 10.0 Å². The Kier molecular flexibility index (Phi) is 6.63. The Labute approximate surface area is 180 Å². The Morgan fingerprint density at radius 2 is 1.76 bits per heavy atom. The van der Waals surface area contributed by atoms with Gasteiger partial charge >= 0.3 is 0 Å². The molecule has 152 valence electrons. The molecule has 0 radical (unpaired) electrons. The monoisotopic (exact) mass is 432 g/mol. The van der Waals surface area contributed by atoms with Gasteiger partial charge in [0.15, 0.2) is 0 Å². The molecule has 1 aliphatic rings. The second kappa shape index (κ2) is 8.99. The number of benzene rings is 2. The van der Waals surface area contributed by atoms with Gasteiger partial charge in [-0.1, -0.05) is 47.5 Å². The van der Waals surface area contributed by atoms with Crippen LogP contribution in [0.15, 0.2) is 54.1 Å². The number of aliphatic hydroxyl groups excluding tert-OH is 1. The van der Waals surface area contributed by atoms with Crippen molar-refractivity contribution in [1.29, 1.82) is 0 Å². The van der Waals surface area contributed by atoms with Gasteiger partial charge in [0.25, 0.3) is 11.7 Å². The largest absolute Gasteiger partial charge is 0.507 e. The number of aliphatic hydroxyl groups is 1. The van der Waals surface area contributed by atoms with Crippen LogP contribution in [0.4, 0.5) is 0 Å². The van der Waals surface area contributed by atoms with Gasteiger partial charge in [-0.05, 0) is 56.9 Å². The molecule has 1 heterocycles. The van der Waals surface area contributed by atoms with Gasteiger partial charge in [0, 0.05) is 22.2 Å². The van der Waals surface area contributed by atoms with Gasteiger partial charge in [-0.15, -0.1) is 0 Å². The molecule has 1 atom stereocenters. The summed E-state index contributed by atoms with van der Waals surface area (Å²) in [6.07, 6.45) is 0.696. The standard InChI is InChI=1S/C22H22Cl2N2O3/c1-25(2)11-4-12-26-19(14-7-9-16(23)10-8-14)18(21(28)22(26)29)20(27)15-5-3-6-17(24)13-15/h3,5-10,13,19,27H,4,11-12H2,1-2H3/b20-18-. The zero-order chi connectivity index (χ0) is 21.1. The van der Waals surface area contributed by atoms with Gasteiger partial charge in [-0.25, -0.2) is 0 Å². The van der Waals surface area contributed by atoms with Crippen LogP contribution in [-0.4, -0.2) is 53.8 Å². The van der Waals surface area contributed by atoms with E-state index in [1.165, 1.54) is 4.90 Å². The van der Waals surface area contributed by atoms with Gasteiger partial charge in [0.2, 0.25) is 0 Å². The molecule has 1 aliphatic heterocycles. The molecule has 1 fully saturated rings. The minimum absolute atomic E-state index is 0.0597. The summed E-state index contributed by atoms with van der Waals surface area (Å²) in [5.74, 6) is -1.56. The van der Waals surface area contributed by atoms with E-state index in [0.29, 0.717) is 34.1 Å². The van der Waals surface area contributed by atoms with E-state index in [4.69, 9.17) is 23.2 Å². The Morgan fingerprint density at radius 3 is 2.38 bits per heavy atom. The SMILES string of the molecule is CN(C)CCCN1C(=O)C(=O)/C(=C(\O)c2cccc(Cl)c2)C1c1ccc(Cl)cc1. The van der Waals surface area contributed by atoms with Gasteiger partial charge < -0.3 is 14.9 Å². The molecular weight excluding hydrogens is 411 g/mol. The molecule has 1 N–H and O–H groups in total. The van der Waals surface area contributed by atoms with Crippen molar-refractivity contribution in [2.75, 3.05) is 27.2 Å². The molecule has 2 aromatic rings. The minimum atomic E-state index is -0.702. The van der Waals surface area contributed by atoms with Crippen LogP contribution < -0.4 is 0 Å². The maximum absolute atomic E-state index is 12.9. The summed E-state index contributed by atoms with van der Waals surface area (Å²) in [5.41, 5.74) is 1.16. The lowest BCUT2D eigenvalue weighted by Gasteiger charge is -2.26. The molecule has 3 rings (SSSR count). The number of rotatable bonds is 6. The van der Waals surface area contributed by atoms with E-state index in [1.807, 2.05) is 19.0 Å². The zero-order valence-corrected chi connectivity index (χ0v) is 17.7. The van der Waals surface area contributed by atoms with E-state index >= 15 is 0 Å². The lowest BCUT2D eigenvalue weighted by Crippen LogP contribution is -2.32. The Bertz CT molecular complexity index is 955. The number of nitrogens with zero attached hydrogens (tertiary/aromatic N) is 2. The molecule has 0 spiro atoms. The highest BCUT2D eigenvalue weighted by Crippen LogP contribution is 2.39. The molecule has 2 aromatic carbocycles. The van der Waals surface area contributed by atoms with E-state index in [0.717, 1.165) is 6.54 Å². The lowest BCUT2D eigenvalue weighted by atomic mass is 9.95. The maximum atomic E-state index is 12.9. The summed E-state index contributed by atoms with van der Waals surface area (Å²) in [5, 5.41) is 11.9. The summed E-state index contributed by atoms with van der Waals surface area (Å²) < 4.78 is 0. The number of carbonyl (C=O) groups is 2. The molecule has 1 saturated heterocycles. The fraction of sp³-hybridized carbons (Fsp3) is 0.273. The van der Waals surface area contributed by atoms with Crippen molar-refractivity contribution in [2.24, 2.45) is 0 Å². The van der Waals surface area contributed by atoms with Gasteiger partial charge in [0.05, 0.1) is 11.6 Å². The van der Waals surface area contributed by atoms with E-state index in [-0.39, 0.29) is 11.3 Å². The predicted molar refractivity (Wildman–Crippen MR) is 115 cm³/mol. The lowest BCUT2D eigenvalue weighted by molar-refractivity contribution is -0.139. The van der Waals surface area contributed by atoms with Crippen molar-refractivity contribution in [3.63, 3.8) is 0 Å². The predicted octanol–water partition coefficient (Wildman–Crippen LogP) is 4.37. The van der Waals surface area contributed by atoms with Crippen molar-refractivity contribution in [3.8, 4) is 0 Å². The van der Waals surface area contributed by atoms with Gasteiger partial charge in [0.1, 0.15) is 5.76 Å². The van der Waals surface area contributed by atoms with Crippen LogP contribution in [0.3, 0.4) is 0 Å². The third-order valence-electron chi connectivity index (χ3n) is 4.83. The number of hydrogen-bond donors (Lipinski definition) is 1. The molecule has 29 heavy (non-hydrogen) atoms. The molecule has 1 amide bonds. The normalized spacial score (nSPS) is 18.7. The summed E-state index contributed by atoms with van der Waals surface area (Å²) in [6.45, 7) is 1.16. The first-order chi connectivity index (χ1) is 13.8. The van der Waals surface area contributed by atoms with Crippen LogP contribution in [0.1, 0.15) is 23.6 Å². The number of hydrogen-bond acceptors (Lipinski definition) is 4. The van der Waals surface area contributed by atoms with Crippen molar-refractivity contribution in [3.05, 3.63) is 75.3 Å². The smallest absolute Gasteiger partial charge is 0.295 e. The second-order valence-corrected chi connectivity index (χ2v) is 8.08. The van der Waals surface area contributed by atoms with Gasteiger partial charge in [-0.3, -0.25) is 9.59 Å². The number of ketones is 1. The average Bonchev–Trinajstić information content (AvgIpc) is 2.93. The molecule has 0 saturated carbocycles. The molecule has 0 bridgehead atoms. The summed E-state index contributed by atoms with van der Waals surface area (Å²) >= 11 is 12.1. The minimum Gasteiger partial charge on any atom is -0.507 e. The first-order valence-corrected chi connectivity index (χ1v) is 9.99. The van der Waals surface area contributed by atoms with Crippen LogP contribution in [0.25, 0.3) is 5.76 Å². The fourth-order valence-electron chi connectivity index (χ4n) is 3.45. The fourth-order valence-corrected chi connectivity index (χ4v) is 3.77. The van der Waals surface area contributed by atoms with E-state index in [2.05, 4.69) is 0 Å². The van der Waals surface area contributed by atoms with Crippen molar-refractivity contribution in [2.45, 2.75) is 12.5 Å². The summed E-state index contributed by atoms with van der Waals surface area (Å²) in [7, 11) is 3.90. The highest BCUT2D eigenvalue weighted by atomic mass is 35.5. The highest BCUT2D eigenvalue weighted by Gasteiger charge is 2.45. The molecule has 0 aliphatic carbocycles. The first kappa shape index (κ1) is 21.4. The number of Topliss-reactive ketones (excluding diaryl/α,β-unsaturated/α-hetero) is 1. The quantitative estimate of drug-likeness (QED) is 0.418. The van der Waals surface area contributed by atoms with Gasteiger partial charge in [-0.2, -0.15) is 0 Å².